The minimum atomic E-state index is -0.428. The van der Waals surface area contributed by atoms with E-state index in [1.165, 1.54) is 6.92 Å². The number of carbonyl (C=O) groups excluding carboxylic acids is 2. The van der Waals surface area contributed by atoms with Gasteiger partial charge in [0.15, 0.2) is 0 Å². The van der Waals surface area contributed by atoms with Crippen LogP contribution in [0.5, 0.6) is 0 Å². The summed E-state index contributed by atoms with van der Waals surface area (Å²) in [4.78, 5) is 23.2. The molecule has 1 aliphatic rings. The largest absolute Gasteiger partial charge is 0.329 e. The van der Waals surface area contributed by atoms with Gasteiger partial charge in [0.2, 0.25) is 11.8 Å². The lowest BCUT2D eigenvalue weighted by atomic mass is 9.68. The van der Waals surface area contributed by atoms with Crippen molar-refractivity contribution in [1.29, 1.82) is 0 Å². The lowest BCUT2D eigenvalue weighted by Gasteiger charge is -2.39. The highest BCUT2D eigenvalue weighted by atomic mass is 35.5. The van der Waals surface area contributed by atoms with Crippen LogP contribution in [-0.4, -0.2) is 18.4 Å². The van der Waals surface area contributed by atoms with Crippen LogP contribution >= 0.6 is 11.6 Å². The molecule has 0 aliphatic heterocycles. The number of nitrogens with two attached hydrogens (primary N) is 1. The van der Waals surface area contributed by atoms with Crippen molar-refractivity contribution in [2.75, 3.05) is 17.2 Å². The molecule has 1 aromatic carbocycles. The van der Waals surface area contributed by atoms with E-state index in [0.29, 0.717) is 22.9 Å². The van der Waals surface area contributed by atoms with Gasteiger partial charge in [0, 0.05) is 19.2 Å². The first kappa shape index (κ1) is 14.8. The first-order valence-electron chi connectivity index (χ1n) is 6.55. The van der Waals surface area contributed by atoms with Gasteiger partial charge in [-0.1, -0.05) is 18.0 Å². The summed E-state index contributed by atoms with van der Waals surface area (Å²) in [6, 6.07) is 4.99. The molecular weight excluding hydrogens is 278 g/mol. The van der Waals surface area contributed by atoms with Crippen LogP contribution in [0.15, 0.2) is 18.2 Å². The van der Waals surface area contributed by atoms with Crippen molar-refractivity contribution in [3.8, 4) is 0 Å². The molecule has 0 spiro atoms. The third-order valence-corrected chi connectivity index (χ3v) is 4.03. The van der Waals surface area contributed by atoms with Gasteiger partial charge in [-0.05, 0) is 31.0 Å². The van der Waals surface area contributed by atoms with Crippen LogP contribution in [0.1, 0.15) is 26.2 Å². The summed E-state index contributed by atoms with van der Waals surface area (Å²) < 4.78 is 0. The Morgan fingerprint density at radius 3 is 2.50 bits per heavy atom. The van der Waals surface area contributed by atoms with Gasteiger partial charge in [0.05, 0.1) is 16.1 Å². The molecule has 5 nitrogen and oxygen atoms in total. The maximum Gasteiger partial charge on any atom is 0.231 e. The molecule has 6 heteroatoms. The number of hydrogen-bond donors (Lipinski definition) is 3. The van der Waals surface area contributed by atoms with E-state index in [1.54, 1.807) is 18.2 Å². The quantitative estimate of drug-likeness (QED) is 0.797. The molecule has 1 aromatic rings. The van der Waals surface area contributed by atoms with Crippen molar-refractivity contribution in [3.05, 3.63) is 23.2 Å². The first-order chi connectivity index (χ1) is 9.47. The summed E-state index contributed by atoms with van der Waals surface area (Å²) in [5, 5.41) is 5.84. The average molecular weight is 296 g/mol. The van der Waals surface area contributed by atoms with Crippen molar-refractivity contribution >= 4 is 34.8 Å². The lowest BCUT2D eigenvalue weighted by molar-refractivity contribution is -0.129. The summed E-state index contributed by atoms with van der Waals surface area (Å²) in [6.45, 7) is 1.77. The predicted octanol–water partition coefficient (Wildman–Crippen LogP) is 2.37. The van der Waals surface area contributed by atoms with Crippen LogP contribution in [0.25, 0.3) is 0 Å². The first-order valence-corrected chi connectivity index (χ1v) is 6.93. The van der Waals surface area contributed by atoms with E-state index in [1.807, 2.05) is 0 Å². The zero-order valence-corrected chi connectivity index (χ0v) is 12.1. The fourth-order valence-electron chi connectivity index (χ4n) is 2.27. The third-order valence-electron chi connectivity index (χ3n) is 3.72. The molecule has 2 amide bonds. The van der Waals surface area contributed by atoms with Gasteiger partial charge in [-0.25, -0.2) is 0 Å². The van der Waals surface area contributed by atoms with E-state index in [0.717, 1.165) is 19.3 Å². The Hall–Kier alpha value is -1.59. The number of benzene rings is 1. The molecule has 0 saturated heterocycles. The zero-order chi connectivity index (χ0) is 14.8. The Balaban J connectivity index is 2.08. The monoisotopic (exact) mass is 295 g/mol. The van der Waals surface area contributed by atoms with E-state index in [9.17, 15) is 9.59 Å². The van der Waals surface area contributed by atoms with E-state index in [2.05, 4.69) is 10.6 Å². The molecule has 0 aromatic heterocycles. The number of anilines is 2. The molecule has 0 atom stereocenters. The van der Waals surface area contributed by atoms with Crippen LogP contribution in [0.2, 0.25) is 5.02 Å². The number of nitrogens with one attached hydrogen (secondary N) is 2. The fraction of sp³-hybridized carbons (Fsp3) is 0.429. The predicted molar refractivity (Wildman–Crippen MR) is 79.7 cm³/mol. The van der Waals surface area contributed by atoms with E-state index >= 15 is 0 Å². The average Bonchev–Trinajstić information content (AvgIpc) is 2.31. The molecular formula is C14H18ClN3O2. The molecule has 20 heavy (non-hydrogen) atoms. The van der Waals surface area contributed by atoms with Gasteiger partial charge >= 0.3 is 0 Å². The number of rotatable bonds is 4. The van der Waals surface area contributed by atoms with Gasteiger partial charge in [0.1, 0.15) is 0 Å². The summed E-state index contributed by atoms with van der Waals surface area (Å²) in [5.74, 6) is -0.255. The molecule has 0 radical (unpaired) electrons. The van der Waals surface area contributed by atoms with E-state index in [4.69, 9.17) is 17.3 Å². The van der Waals surface area contributed by atoms with Crippen LogP contribution in [0.3, 0.4) is 0 Å². The molecule has 2 rings (SSSR count). The third kappa shape index (κ3) is 2.94. The summed E-state index contributed by atoms with van der Waals surface area (Å²) in [6.07, 6.45) is 2.69. The summed E-state index contributed by atoms with van der Waals surface area (Å²) in [5.41, 5.74) is 6.40. The molecule has 1 aliphatic carbocycles. The standard InChI is InChI=1S/C14H18ClN3O2/c1-9(19)17-12-4-3-10(7-11(12)15)18-13(20)14(8-16)5-2-6-14/h3-4,7H,2,5-6,8,16H2,1H3,(H,17,19)(H,18,20). The van der Waals surface area contributed by atoms with Crippen LogP contribution in [0.4, 0.5) is 11.4 Å². The Labute approximate surface area is 122 Å². The second-order valence-corrected chi connectivity index (χ2v) is 5.58. The van der Waals surface area contributed by atoms with Gasteiger partial charge < -0.3 is 16.4 Å². The maximum atomic E-state index is 12.2. The molecule has 0 heterocycles. The second kappa shape index (κ2) is 5.81. The Kier molecular flexibility index (Phi) is 4.30. The molecule has 108 valence electrons. The van der Waals surface area contributed by atoms with Crippen LogP contribution in [-0.2, 0) is 9.59 Å². The van der Waals surface area contributed by atoms with Gasteiger partial charge in [-0.3, -0.25) is 9.59 Å². The van der Waals surface area contributed by atoms with Gasteiger partial charge in [0.25, 0.3) is 0 Å². The highest BCUT2D eigenvalue weighted by Gasteiger charge is 2.42. The molecule has 4 N–H and O–H groups in total. The van der Waals surface area contributed by atoms with Crippen molar-refractivity contribution in [3.63, 3.8) is 0 Å². The van der Waals surface area contributed by atoms with Crippen LogP contribution in [0, 0.1) is 5.41 Å². The zero-order valence-electron chi connectivity index (χ0n) is 11.3. The fourth-order valence-corrected chi connectivity index (χ4v) is 2.50. The number of hydrogen-bond acceptors (Lipinski definition) is 3. The topological polar surface area (TPSA) is 84.2 Å². The van der Waals surface area contributed by atoms with Crippen LogP contribution < -0.4 is 16.4 Å². The van der Waals surface area contributed by atoms with E-state index in [-0.39, 0.29) is 11.8 Å². The maximum absolute atomic E-state index is 12.2. The lowest BCUT2D eigenvalue weighted by Crippen LogP contribution is -2.47. The Morgan fingerprint density at radius 1 is 1.35 bits per heavy atom. The minimum Gasteiger partial charge on any atom is -0.329 e. The SMILES string of the molecule is CC(=O)Nc1ccc(NC(=O)C2(CN)CCC2)cc1Cl. The van der Waals surface area contributed by atoms with Crippen molar-refractivity contribution in [2.45, 2.75) is 26.2 Å². The van der Waals surface area contributed by atoms with Gasteiger partial charge in [-0.15, -0.1) is 0 Å². The summed E-state index contributed by atoms with van der Waals surface area (Å²) in [7, 11) is 0. The van der Waals surface area contributed by atoms with E-state index < -0.39 is 5.41 Å². The number of halogens is 1. The normalized spacial score (nSPS) is 16.1. The van der Waals surface area contributed by atoms with Crippen molar-refractivity contribution < 1.29 is 9.59 Å². The van der Waals surface area contributed by atoms with Crippen molar-refractivity contribution in [2.24, 2.45) is 11.1 Å². The number of carbonyl (C=O) groups is 2. The van der Waals surface area contributed by atoms with Crippen molar-refractivity contribution in [1.82, 2.24) is 0 Å². The minimum absolute atomic E-state index is 0.0606. The smallest absolute Gasteiger partial charge is 0.231 e. The van der Waals surface area contributed by atoms with Gasteiger partial charge in [-0.2, -0.15) is 0 Å². The molecule has 1 fully saturated rings. The second-order valence-electron chi connectivity index (χ2n) is 5.17. The Bertz CT molecular complexity index is 536. The summed E-state index contributed by atoms with van der Waals surface area (Å²) >= 11 is 6.06. The Morgan fingerprint density at radius 2 is 2.05 bits per heavy atom. The highest BCUT2D eigenvalue weighted by Crippen LogP contribution is 2.41. The number of amides is 2. The molecule has 0 unspecified atom stereocenters. The molecule has 1 saturated carbocycles. The highest BCUT2D eigenvalue weighted by molar-refractivity contribution is 6.34. The molecule has 0 bridgehead atoms.